The topological polar surface area (TPSA) is 75.5 Å². The molecule has 1 aliphatic rings. The van der Waals surface area contributed by atoms with Crippen LogP contribution in [0.1, 0.15) is 29.5 Å². The molecule has 0 saturated carbocycles. The molecule has 1 fully saturated rings. The number of non-ortho nitro benzene ring substituents is 1. The smallest absolute Gasteiger partial charge is 0.269 e. The normalized spacial score (nSPS) is 19.1. The third-order valence-electron chi connectivity index (χ3n) is 5.23. The Bertz CT molecular complexity index is 1070. The van der Waals surface area contributed by atoms with Crippen LogP contribution < -0.4 is 10.2 Å². The molecule has 1 N–H and O–H groups in total. The van der Waals surface area contributed by atoms with Crippen molar-refractivity contribution in [2.24, 2.45) is 0 Å². The van der Waals surface area contributed by atoms with Crippen molar-refractivity contribution < 1.29 is 9.72 Å². The lowest BCUT2D eigenvalue weighted by atomic mass is 9.84. The Morgan fingerprint density at radius 2 is 1.50 bits per heavy atom. The SMILES string of the molecule is O=C1C[C@H](c2ccccc2)[C@@H](c2ccc([N+](=O)[O-])cc2)NC(=S)N1c1ccccc1. The van der Waals surface area contributed by atoms with Crippen LogP contribution in [0, 0.1) is 10.1 Å². The first-order chi connectivity index (χ1) is 14.5. The third kappa shape index (κ3) is 3.92. The fourth-order valence-electron chi connectivity index (χ4n) is 3.78. The summed E-state index contributed by atoms with van der Waals surface area (Å²) in [6, 6.07) is 25.1. The van der Waals surface area contributed by atoms with Gasteiger partial charge in [-0.15, -0.1) is 0 Å². The van der Waals surface area contributed by atoms with Crippen molar-refractivity contribution in [3.63, 3.8) is 0 Å². The van der Waals surface area contributed by atoms with E-state index in [1.54, 1.807) is 12.1 Å². The number of carbonyl (C=O) groups excluding carboxylic acids is 1. The summed E-state index contributed by atoms with van der Waals surface area (Å²) in [7, 11) is 0. The molecule has 0 spiro atoms. The largest absolute Gasteiger partial charge is 0.354 e. The van der Waals surface area contributed by atoms with E-state index in [1.165, 1.54) is 17.0 Å². The van der Waals surface area contributed by atoms with Gasteiger partial charge in [0.1, 0.15) is 0 Å². The number of hydrogen-bond acceptors (Lipinski definition) is 4. The molecular formula is C23H19N3O3S. The highest BCUT2D eigenvalue weighted by molar-refractivity contribution is 7.80. The van der Waals surface area contributed by atoms with Gasteiger partial charge in [-0.3, -0.25) is 19.8 Å². The fraction of sp³-hybridized carbons (Fsp3) is 0.130. The standard InChI is InChI=1S/C23H19N3O3S/c27-21-15-20(16-7-3-1-4-8-16)22(17-11-13-19(14-12-17)26(28)29)24-23(30)25(21)18-9-5-2-6-10-18/h1-14,20,22H,15H2,(H,24,30)/t20-,22-/m1/s1. The summed E-state index contributed by atoms with van der Waals surface area (Å²) in [6.45, 7) is 0. The maximum Gasteiger partial charge on any atom is 0.269 e. The molecule has 30 heavy (non-hydrogen) atoms. The summed E-state index contributed by atoms with van der Waals surface area (Å²) >= 11 is 5.61. The van der Waals surface area contributed by atoms with Crippen molar-refractivity contribution in [3.05, 3.63) is 106 Å². The zero-order valence-electron chi connectivity index (χ0n) is 16.0. The minimum atomic E-state index is -0.426. The Morgan fingerprint density at radius 1 is 0.900 bits per heavy atom. The molecule has 2 atom stereocenters. The summed E-state index contributed by atoms with van der Waals surface area (Å²) in [5.74, 6) is -0.288. The van der Waals surface area contributed by atoms with Gasteiger partial charge >= 0.3 is 0 Å². The quantitative estimate of drug-likeness (QED) is 0.377. The van der Waals surface area contributed by atoms with E-state index < -0.39 is 4.92 Å². The Hall–Kier alpha value is -3.58. The monoisotopic (exact) mass is 417 g/mol. The van der Waals surface area contributed by atoms with Gasteiger partial charge in [0.05, 0.1) is 16.7 Å². The number of nitrogens with one attached hydrogen (secondary N) is 1. The molecule has 3 aromatic carbocycles. The van der Waals surface area contributed by atoms with Crippen LogP contribution >= 0.6 is 12.2 Å². The zero-order chi connectivity index (χ0) is 21.1. The van der Waals surface area contributed by atoms with Crippen LogP contribution in [0.15, 0.2) is 84.9 Å². The lowest BCUT2D eigenvalue weighted by Gasteiger charge is -2.26. The molecule has 1 saturated heterocycles. The third-order valence-corrected chi connectivity index (χ3v) is 5.53. The van der Waals surface area contributed by atoms with Gasteiger partial charge in [0, 0.05) is 24.5 Å². The molecule has 0 bridgehead atoms. The van der Waals surface area contributed by atoms with E-state index in [9.17, 15) is 14.9 Å². The van der Waals surface area contributed by atoms with E-state index in [1.807, 2.05) is 60.7 Å². The molecule has 1 amide bonds. The Labute approximate surface area is 179 Å². The summed E-state index contributed by atoms with van der Waals surface area (Å²) in [6.07, 6.45) is 0.244. The van der Waals surface area contributed by atoms with Gasteiger partial charge in [-0.2, -0.15) is 0 Å². The number of thiocarbonyl (C=S) groups is 1. The van der Waals surface area contributed by atoms with Crippen molar-refractivity contribution in [1.29, 1.82) is 0 Å². The van der Waals surface area contributed by atoms with Crippen LogP contribution in [-0.2, 0) is 4.79 Å². The molecule has 0 aromatic heterocycles. The van der Waals surface area contributed by atoms with Crippen molar-refractivity contribution in [3.8, 4) is 0 Å². The van der Waals surface area contributed by atoms with Crippen molar-refractivity contribution in [2.75, 3.05) is 4.90 Å². The summed E-state index contributed by atoms with van der Waals surface area (Å²) < 4.78 is 0. The lowest BCUT2D eigenvalue weighted by Crippen LogP contribution is -2.42. The number of nitro benzene ring substituents is 1. The maximum absolute atomic E-state index is 13.2. The molecule has 7 heteroatoms. The van der Waals surface area contributed by atoms with E-state index in [0.717, 1.165) is 11.1 Å². The lowest BCUT2D eigenvalue weighted by molar-refractivity contribution is -0.384. The molecule has 1 heterocycles. The molecule has 0 unspecified atom stereocenters. The van der Waals surface area contributed by atoms with Gasteiger partial charge in [0.2, 0.25) is 5.91 Å². The van der Waals surface area contributed by atoms with E-state index in [0.29, 0.717) is 10.8 Å². The molecular weight excluding hydrogens is 398 g/mol. The predicted molar refractivity (Wildman–Crippen MR) is 119 cm³/mol. The summed E-state index contributed by atoms with van der Waals surface area (Å²) in [4.78, 5) is 25.4. The van der Waals surface area contributed by atoms with E-state index in [-0.39, 0.29) is 30.0 Å². The minimum absolute atomic E-state index is 0.0215. The van der Waals surface area contributed by atoms with Crippen LogP contribution in [0.4, 0.5) is 11.4 Å². The first kappa shape index (κ1) is 19.7. The summed E-state index contributed by atoms with van der Waals surface area (Å²) in [5, 5.41) is 14.7. The predicted octanol–water partition coefficient (Wildman–Crippen LogP) is 4.73. The molecule has 3 aromatic rings. The number of amides is 1. The molecule has 0 aliphatic carbocycles. The average molecular weight is 417 g/mol. The van der Waals surface area contributed by atoms with Crippen LogP contribution in [0.3, 0.4) is 0 Å². The van der Waals surface area contributed by atoms with E-state index in [2.05, 4.69) is 5.32 Å². The van der Waals surface area contributed by atoms with Crippen LogP contribution in [0.25, 0.3) is 0 Å². The van der Waals surface area contributed by atoms with Gasteiger partial charge in [-0.25, -0.2) is 0 Å². The Morgan fingerprint density at radius 3 is 2.10 bits per heavy atom. The second-order valence-corrected chi connectivity index (χ2v) is 7.45. The zero-order valence-corrected chi connectivity index (χ0v) is 16.8. The first-order valence-corrected chi connectivity index (χ1v) is 9.93. The number of rotatable bonds is 4. The van der Waals surface area contributed by atoms with Crippen molar-refractivity contribution >= 4 is 34.6 Å². The second kappa shape index (κ2) is 8.42. The average Bonchev–Trinajstić information content (AvgIpc) is 2.90. The molecule has 0 radical (unpaired) electrons. The molecule has 6 nitrogen and oxygen atoms in total. The van der Waals surface area contributed by atoms with Crippen LogP contribution in [-0.4, -0.2) is 15.9 Å². The highest BCUT2D eigenvalue weighted by Crippen LogP contribution is 2.37. The van der Waals surface area contributed by atoms with Gasteiger partial charge in [-0.1, -0.05) is 60.7 Å². The number of carbonyl (C=O) groups is 1. The van der Waals surface area contributed by atoms with Crippen LogP contribution in [0.2, 0.25) is 0 Å². The molecule has 150 valence electrons. The number of para-hydroxylation sites is 1. The summed E-state index contributed by atoms with van der Waals surface area (Å²) in [5.41, 5.74) is 2.56. The van der Waals surface area contributed by atoms with Gasteiger partial charge in [-0.05, 0) is 35.5 Å². The number of anilines is 1. The van der Waals surface area contributed by atoms with Crippen molar-refractivity contribution in [1.82, 2.24) is 5.32 Å². The number of benzene rings is 3. The fourth-order valence-corrected chi connectivity index (χ4v) is 4.11. The van der Waals surface area contributed by atoms with Gasteiger partial charge in [0.25, 0.3) is 5.69 Å². The van der Waals surface area contributed by atoms with E-state index in [4.69, 9.17) is 12.2 Å². The minimum Gasteiger partial charge on any atom is -0.354 e. The maximum atomic E-state index is 13.2. The number of nitro groups is 1. The molecule has 1 aliphatic heterocycles. The number of hydrogen-bond donors (Lipinski definition) is 1. The Balaban J connectivity index is 1.76. The van der Waals surface area contributed by atoms with Crippen LogP contribution in [0.5, 0.6) is 0 Å². The van der Waals surface area contributed by atoms with Gasteiger partial charge < -0.3 is 5.32 Å². The van der Waals surface area contributed by atoms with E-state index >= 15 is 0 Å². The highest BCUT2D eigenvalue weighted by Gasteiger charge is 2.36. The molecule has 4 rings (SSSR count). The number of nitrogens with zero attached hydrogens (tertiary/aromatic N) is 2. The van der Waals surface area contributed by atoms with Crippen molar-refractivity contribution in [2.45, 2.75) is 18.4 Å². The first-order valence-electron chi connectivity index (χ1n) is 9.52. The Kier molecular flexibility index (Phi) is 5.54. The van der Waals surface area contributed by atoms with Gasteiger partial charge in [0.15, 0.2) is 5.11 Å². The second-order valence-electron chi connectivity index (χ2n) is 7.06. The highest BCUT2D eigenvalue weighted by atomic mass is 32.1.